The van der Waals surface area contributed by atoms with E-state index < -0.39 is 24.7 Å². The molecule has 0 N–H and O–H groups in total. The van der Waals surface area contributed by atoms with E-state index in [9.17, 15) is 0 Å². The van der Waals surface area contributed by atoms with E-state index in [4.69, 9.17) is 8.85 Å². The molecule has 0 rings (SSSR count). The van der Waals surface area contributed by atoms with Crippen LogP contribution in [0.5, 0.6) is 0 Å². The first kappa shape index (κ1) is 26.6. The Hall–Kier alpha value is 0.571. The van der Waals surface area contributed by atoms with E-state index in [1.54, 1.807) is 0 Å². The molecule has 0 saturated carbocycles. The molecule has 0 heterocycles. The average molecular weight is 419 g/mol. The minimum atomic E-state index is -2.09. The molecule has 0 saturated heterocycles. The van der Waals surface area contributed by atoms with E-state index in [0.717, 1.165) is 31.7 Å². The first-order valence-electron chi connectivity index (χ1n) is 11.1. The van der Waals surface area contributed by atoms with Crippen LogP contribution >= 0.6 is 0 Å². The lowest BCUT2D eigenvalue weighted by Gasteiger charge is -2.56. The molecule has 0 aromatic heterocycles. The van der Waals surface area contributed by atoms with Crippen molar-refractivity contribution in [3.05, 3.63) is 0 Å². The zero-order valence-electron chi connectivity index (χ0n) is 20.4. The highest BCUT2D eigenvalue weighted by atomic mass is 28.4. The molecular formula is C21H50O2Si3. The predicted molar refractivity (Wildman–Crippen MR) is 127 cm³/mol. The Balaban J connectivity index is 6.14. The van der Waals surface area contributed by atoms with Gasteiger partial charge in [-0.2, -0.15) is 0 Å². The molecule has 0 atom stereocenters. The van der Waals surface area contributed by atoms with Crippen LogP contribution < -0.4 is 0 Å². The summed E-state index contributed by atoms with van der Waals surface area (Å²) in [6, 6.07) is 1.16. The van der Waals surface area contributed by atoms with E-state index in [0.29, 0.717) is 5.54 Å². The van der Waals surface area contributed by atoms with Crippen LogP contribution in [0.15, 0.2) is 0 Å². The van der Waals surface area contributed by atoms with E-state index in [1.165, 1.54) is 0 Å². The van der Waals surface area contributed by atoms with Gasteiger partial charge in [0.15, 0.2) is 8.32 Å². The van der Waals surface area contributed by atoms with Crippen molar-refractivity contribution >= 4 is 24.7 Å². The van der Waals surface area contributed by atoms with Crippen LogP contribution in [0, 0.1) is 0 Å². The van der Waals surface area contributed by atoms with Gasteiger partial charge < -0.3 is 8.85 Å². The van der Waals surface area contributed by atoms with E-state index in [-0.39, 0.29) is 10.4 Å². The summed E-state index contributed by atoms with van der Waals surface area (Å²) in [6.07, 6.45) is 4.36. The summed E-state index contributed by atoms with van der Waals surface area (Å²) in [5.41, 5.74) is 0.715. The van der Waals surface area contributed by atoms with Crippen molar-refractivity contribution in [3.8, 4) is 0 Å². The Morgan fingerprint density at radius 1 is 0.654 bits per heavy atom. The second-order valence-electron chi connectivity index (χ2n) is 10.1. The Morgan fingerprint density at radius 2 is 1.04 bits per heavy atom. The molecule has 0 aromatic carbocycles. The van der Waals surface area contributed by atoms with Crippen LogP contribution in [0.4, 0.5) is 0 Å². The maximum Gasteiger partial charge on any atom is 0.217 e. The zero-order chi connectivity index (χ0) is 21.0. The van der Waals surface area contributed by atoms with Crippen LogP contribution in [0.2, 0.25) is 50.9 Å². The van der Waals surface area contributed by atoms with Crippen LogP contribution in [0.1, 0.15) is 74.1 Å². The summed E-state index contributed by atoms with van der Waals surface area (Å²) in [7, 11) is -5.33. The highest BCUT2D eigenvalue weighted by molar-refractivity contribution is 6.83. The van der Waals surface area contributed by atoms with Crippen molar-refractivity contribution in [1.29, 1.82) is 0 Å². The third-order valence-corrected chi connectivity index (χ3v) is 20.8. The number of hydrogen-bond acceptors (Lipinski definition) is 2. The maximum absolute atomic E-state index is 7.39. The number of rotatable bonds is 12. The SMILES string of the molecule is CCC(CC)(O[Si](C)(C)CC)[Si](C)(C)OC(CC)(CC)[Si](C)(C)C(C)C. The topological polar surface area (TPSA) is 18.5 Å². The summed E-state index contributed by atoms with van der Waals surface area (Å²) in [4.78, 5) is 0. The molecule has 0 aromatic rings. The second-order valence-corrected chi connectivity index (χ2v) is 24.2. The van der Waals surface area contributed by atoms with Gasteiger partial charge >= 0.3 is 0 Å². The molecular weight excluding hydrogens is 368 g/mol. The Kier molecular flexibility index (Phi) is 9.58. The van der Waals surface area contributed by atoms with E-state index in [1.807, 2.05) is 0 Å². The average Bonchev–Trinajstić information content (AvgIpc) is 2.57. The fourth-order valence-corrected chi connectivity index (χ4v) is 15.7. The largest absolute Gasteiger partial charge is 0.412 e. The maximum atomic E-state index is 7.39. The van der Waals surface area contributed by atoms with Gasteiger partial charge in [-0.1, -0.05) is 61.6 Å². The van der Waals surface area contributed by atoms with Crippen molar-refractivity contribution in [3.63, 3.8) is 0 Å². The van der Waals surface area contributed by atoms with Gasteiger partial charge in [0.1, 0.15) is 0 Å². The predicted octanol–water partition coefficient (Wildman–Crippen LogP) is 7.76. The molecule has 0 radical (unpaired) electrons. The molecule has 0 aliphatic heterocycles. The zero-order valence-corrected chi connectivity index (χ0v) is 23.4. The lowest BCUT2D eigenvalue weighted by Crippen LogP contribution is -2.68. The van der Waals surface area contributed by atoms with Gasteiger partial charge in [-0.15, -0.1) is 0 Å². The van der Waals surface area contributed by atoms with Gasteiger partial charge in [0.2, 0.25) is 8.32 Å². The van der Waals surface area contributed by atoms with Crippen molar-refractivity contribution in [1.82, 2.24) is 0 Å². The highest BCUT2D eigenvalue weighted by Crippen LogP contribution is 2.45. The Labute approximate surface area is 169 Å². The lowest BCUT2D eigenvalue weighted by atomic mass is 10.2. The van der Waals surface area contributed by atoms with Gasteiger partial charge in [-0.05, 0) is 63.5 Å². The summed E-state index contributed by atoms with van der Waals surface area (Å²) in [5, 5.41) is -0.0243. The van der Waals surface area contributed by atoms with Crippen LogP contribution in [0.25, 0.3) is 0 Å². The highest BCUT2D eigenvalue weighted by Gasteiger charge is 2.56. The van der Waals surface area contributed by atoms with Crippen molar-refractivity contribution in [2.24, 2.45) is 0 Å². The molecule has 26 heavy (non-hydrogen) atoms. The quantitative estimate of drug-likeness (QED) is 0.301. The van der Waals surface area contributed by atoms with Crippen LogP contribution in [-0.4, -0.2) is 35.2 Å². The van der Waals surface area contributed by atoms with E-state index >= 15 is 0 Å². The normalized spacial score (nSPS) is 15.0. The molecule has 0 bridgehead atoms. The third-order valence-electron chi connectivity index (χ3n) is 7.77. The monoisotopic (exact) mass is 418 g/mol. The van der Waals surface area contributed by atoms with Gasteiger partial charge in [0, 0.05) is 5.22 Å². The first-order valence-corrected chi connectivity index (χ1v) is 20.2. The van der Waals surface area contributed by atoms with Crippen molar-refractivity contribution < 1.29 is 8.85 Å². The third kappa shape index (κ3) is 5.13. The first-order chi connectivity index (χ1) is 11.7. The summed E-state index contributed by atoms with van der Waals surface area (Å²) in [5.74, 6) is 0. The molecule has 0 fully saturated rings. The smallest absolute Gasteiger partial charge is 0.217 e. The Morgan fingerprint density at radius 3 is 1.31 bits per heavy atom. The van der Waals surface area contributed by atoms with Crippen LogP contribution in [0.3, 0.4) is 0 Å². The second kappa shape index (κ2) is 9.38. The lowest BCUT2D eigenvalue weighted by molar-refractivity contribution is 0.0522. The van der Waals surface area contributed by atoms with E-state index in [2.05, 4.69) is 87.7 Å². The summed E-state index contributed by atoms with van der Waals surface area (Å²) in [6.45, 7) is 31.1. The Bertz CT molecular complexity index is 423. The molecule has 5 heteroatoms. The van der Waals surface area contributed by atoms with Crippen molar-refractivity contribution in [2.45, 2.75) is 135 Å². The minimum Gasteiger partial charge on any atom is -0.412 e. The van der Waals surface area contributed by atoms with Gasteiger partial charge in [-0.25, -0.2) is 0 Å². The molecule has 0 amide bonds. The minimum absolute atomic E-state index is 0.0494. The van der Waals surface area contributed by atoms with Gasteiger partial charge in [-0.3, -0.25) is 0 Å². The van der Waals surface area contributed by atoms with Gasteiger partial charge in [0.25, 0.3) is 0 Å². The fraction of sp³-hybridized carbons (Fsp3) is 1.00. The molecule has 0 spiro atoms. The standard InChI is InChI=1S/C21H50O2Si3/c1-14-20(15-2,25(10,11)19(6)7)23-26(12,13)21(16-3,17-4)22-24(8,9)18-5/h19H,14-18H2,1-13H3. The molecule has 0 aliphatic carbocycles. The van der Waals surface area contributed by atoms with Gasteiger partial charge in [0.05, 0.1) is 13.3 Å². The molecule has 0 unspecified atom stereocenters. The number of hydrogen-bond donors (Lipinski definition) is 0. The summed E-state index contributed by atoms with van der Waals surface area (Å²) >= 11 is 0. The molecule has 158 valence electrons. The molecule has 2 nitrogen and oxygen atoms in total. The van der Waals surface area contributed by atoms with Crippen LogP contribution in [-0.2, 0) is 8.85 Å². The molecule has 0 aliphatic rings. The van der Waals surface area contributed by atoms with Crippen molar-refractivity contribution in [2.75, 3.05) is 0 Å². The summed E-state index contributed by atoms with van der Waals surface area (Å²) < 4.78 is 14.4. The fourth-order valence-electron chi connectivity index (χ4n) is 4.51.